The SMILES string of the molecule is C=CC=C=C/C=C/C/C=C/C=C/C. The first-order chi connectivity index (χ1) is 6.41. The van der Waals surface area contributed by atoms with Gasteiger partial charge in [-0.1, -0.05) is 49.1 Å². The smallest absolute Gasteiger partial charge is 0.0163 e. The van der Waals surface area contributed by atoms with Crippen molar-refractivity contribution in [3.05, 3.63) is 67.0 Å². The Morgan fingerprint density at radius 2 is 1.85 bits per heavy atom. The van der Waals surface area contributed by atoms with E-state index in [1.165, 1.54) is 0 Å². The maximum atomic E-state index is 3.55. The van der Waals surface area contributed by atoms with Crippen molar-refractivity contribution in [3.8, 4) is 0 Å². The van der Waals surface area contributed by atoms with Crippen LogP contribution in [0.25, 0.3) is 0 Å². The lowest BCUT2D eigenvalue weighted by atomic mass is 10.3. The minimum absolute atomic E-state index is 0.955. The van der Waals surface area contributed by atoms with Crippen molar-refractivity contribution in [2.45, 2.75) is 13.3 Å². The number of hydrogen-bond donors (Lipinski definition) is 0. The molecule has 0 amide bonds. The Kier molecular flexibility index (Phi) is 9.25. The van der Waals surface area contributed by atoms with Gasteiger partial charge in [-0.05, 0) is 25.5 Å². The largest absolute Gasteiger partial charge is 0.121 e. The Morgan fingerprint density at radius 1 is 1.08 bits per heavy atom. The fourth-order valence-corrected chi connectivity index (χ4v) is 0.673. The molecule has 0 rings (SSSR count). The van der Waals surface area contributed by atoms with Crippen LogP contribution in [0.4, 0.5) is 0 Å². The van der Waals surface area contributed by atoms with Gasteiger partial charge in [0.1, 0.15) is 0 Å². The molecule has 0 bridgehead atoms. The van der Waals surface area contributed by atoms with Gasteiger partial charge < -0.3 is 0 Å². The molecule has 0 heterocycles. The summed E-state index contributed by atoms with van der Waals surface area (Å²) >= 11 is 0. The van der Waals surface area contributed by atoms with Crippen molar-refractivity contribution in [2.75, 3.05) is 0 Å². The number of rotatable bonds is 5. The van der Waals surface area contributed by atoms with E-state index in [1.807, 2.05) is 37.3 Å². The minimum atomic E-state index is 0.955. The second kappa shape index (κ2) is 10.5. The van der Waals surface area contributed by atoms with Gasteiger partial charge in [-0.25, -0.2) is 0 Å². The molecule has 0 aromatic carbocycles. The molecule has 0 aliphatic heterocycles. The molecular weight excluding hydrogens is 156 g/mol. The van der Waals surface area contributed by atoms with Gasteiger partial charge in [0.15, 0.2) is 0 Å². The van der Waals surface area contributed by atoms with Crippen LogP contribution in [0.5, 0.6) is 0 Å². The van der Waals surface area contributed by atoms with E-state index in [-0.39, 0.29) is 0 Å². The molecule has 0 radical (unpaired) electrons. The summed E-state index contributed by atoms with van der Waals surface area (Å²) in [4.78, 5) is 0. The molecule has 0 N–H and O–H groups in total. The zero-order chi connectivity index (χ0) is 9.78. The van der Waals surface area contributed by atoms with E-state index in [1.54, 1.807) is 12.2 Å². The summed E-state index contributed by atoms with van der Waals surface area (Å²) in [5.41, 5.74) is 2.94. The molecule has 68 valence electrons. The molecule has 0 aromatic heterocycles. The van der Waals surface area contributed by atoms with Crippen molar-refractivity contribution < 1.29 is 0 Å². The monoisotopic (exact) mass is 172 g/mol. The van der Waals surface area contributed by atoms with Crippen molar-refractivity contribution in [1.29, 1.82) is 0 Å². The van der Waals surface area contributed by atoms with E-state index in [0.29, 0.717) is 0 Å². The molecule has 0 saturated heterocycles. The molecule has 0 aliphatic carbocycles. The molecule has 13 heavy (non-hydrogen) atoms. The summed E-state index contributed by atoms with van der Waals surface area (Å²) < 4.78 is 0. The minimum Gasteiger partial charge on any atom is -0.121 e. The first-order valence-corrected chi connectivity index (χ1v) is 4.38. The van der Waals surface area contributed by atoms with Gasteiger partial charge in [0.2, 0.25) is 0 Å². The zero-order valence-electron chi connectivity index (χ0n) is 8.11. The number of hydrogen-bond acceptors (Lipinski definition) is 0. The van der Waals surface area contributed by atoms with Crippen LogP contribution >= 0.6 is 0 Å². The zero-order valence-corrected chi connectivity index (χ0v) is 8.11. The summed E-state index contributed by atoms with van der Waals surface area (Å²) in [5, 5.41) is 0. The third-order valence-electron chi connectivity index (χ3n) is 1.25. The molecule has 0 aromatic rings. The van der Waals surface area contributed by atoms with Gasteiger partial charge >= 0.3 is 0 Å². The average molecular weight is 172 g/mol. The highest BCUT2D eigenvalue weighted by atomic mass is 13.7. The maximum Gasteiger partial charge on any atom is -0.0163 e. The standard InChI is InChI=1S/C13H16/c1-3-5-7-9-11-13-12-10-8-6-4-2/h3-6,8-11,13H,1,12H2,2H3/b6-4+,10-8+,13-11+. The van der Waals surface area contributed by atoms with Gasteiger partial charge in [0, 0.05) is 0 Å². The Bertz CT molecular complexity index is 256. The normalized spacial score (nSPS) is 10.8. The Hall–Kier alpha value is -1.52. The average Bonchev–Trinajstić information content (AvgIpc) is 2.16. The first kappa shape index (κ1) is 11.5. The summed E-state index contributed by atoms with van der Waals surface area (Å²) in [7, 11) is 0. The predicted octanol–water partition coefficient (Wildman–Crippen LogP) is 3.96. The fraction of sp³-hybridized carbons (Fsp3) is 0.154. The van der Waals surface area contributed by atoms with Crippen LogP contribution in [0.2, 0.25) is 0 Å². The Balaban J connectivity index is 3.64. The van der Waals surface area contributed by atoms with Crippen LogP contribution < -0.4 is 0 Å². The highest BCUT2D eigenvalue weighted by Gasteiger charge is 1.66. The highest BCUT2D eigenvalue weighted by Crippen LogP contribution is 1.87. The predicted molar refractivity (Wildman–Crippen MR) is 60.6 cm³/mol. The summed E-state index contributed by atoms with van der Waals surface area (Å²) in [6.07, 6.45) is 18.5. The van der Waals surface area contributed by atoms with Gasteiger partial charge in [0.25, 0.3) is 0 Å². The van der Waals surface area contributed by atoms with Crippen LogP contribution in [-0.4, -0.2) is 0 Å². The molecule has 0 heteroatoms. The van der Waals surface area contributed by atoms with E-state index in [9.17, 15) is 0 Å². The summed E-state index contributed by atoms with van der Waals surface area (Å²) in [6, 6.07) is 0. The van der Waals surface area contributed by atoms with E-state index in [0.717, 1.165) is 6.42 Å². The molecule has 0 saturated carbocycles. The molecule has 0 aliphatic rings. The molecule has 0 nitrogen and oxygen atoms in total. The molecule has 0 spiro atoms. The van der Waals surface area contributed by atoms with Crippen LogP contribution in [0, 0.1) is 0 Å². The van der Waals surface area contributed by atoms with Crippen molar-refractivity contribution in [2.24, 2.45) is 0 Å². The van der Waals surface area contributed by atoms with E-state index in [4.69, 9.17) is 0 Å². The van der Waals surface area contributed by atoms with Gasteiger partial charge in [-0.3, -0.25) is 0 Å². The van der Waals surface area contributed by atoms with Crippen molar-refractivity contribution in [3.63, 3.8) is 0 Å². The third kappa shape index (κ3) is 10.5. The second-order valence-electron chi connectivity index (χ2n) is 2.35. The van der Waals surface area contributed by atoms with Crippen molar-refractivity contribution >= 4 is 0 Å². The van der Waals surface area contributed by atoms with E-state index in [2.05, 4.69) is 24.5 Å². The van der Waals surface area contributed by atoms with E-state index >= 15 is 0 Å². The van der Waals surface area contributed by atoms with Gasteiger partial charge in [-0.2, -0.15) is 0 Å². The second-order valence-corrected chi connectivity index (χ2v) is 2.35. The topological polar surface area (TPSA) is 0 Å². The molecular formula is C13H16. The fourth-order valence-electron chi connectivity index (χ4n) is 0.673. The Morgan fingerprint density at radius 3 is 2.54 bits per heavy atom. The quantitative estimate of drug-likeness (QED) is 0.435. The maximum absolute atomic E-state index is 3.55. The van der Waals surface area contributed by atoms with Gasteiger partial charge in [-0.15, -0.1) is 5.73 Å². The lowest BCUT2D eigenvalue weighted by molar-refractivity contribution is 1.39. The van der Waals surface area contributed by atoms with Gasteiger partial charge in [0.05, 0.1) is 0 Å². The lowest BCUT2D eigenvalue weighted by Gasteiger charge is -1.77. The van der Waals surface area contributed by atoms with Crippen LogP contribution in [0.3, 0.4) is 0 Å². The van der Waals surface area contributed by atoms with Crippen LogP contribution in [-0.2, 0) is 0 Å². The van der Waals surface area contributed by atoms with Crippen LogP contribution in [0.1, 0.15) is 13.3 Å². The highest BCUT2D eigenvalue weighted by molar-refractivity contribution is 5.09. The Labute approximate surface area is 81.0 Å². The number of allylic oxidation sites excluding steroid dienone is 8. The lowest BCUT2D eigenvalue weighted by Crippen LogP contribution is -1.56. The van der Waals surface area contributed by atoms with E-state index < -0.39 is 0 Å². The van der Waals surface area contributed by atoms with Crippen molar-refractivity contribution in [1.82, 2.24) is 0 Å². The summed E-state index contributed by atoms with van der Waals surface area (Å²) in [6.45, 7) is 5.55. The molecule has 0 fully saturated rings. The third-order valence-corrected chi connectivity index (χ3v) is 1.25. The van der Waals surface area contributed by atoms with Crippen LogP contribution in [0.15, 0.2) is 67.0 Å². The summed E-state index contributed by atoms with van der Waals surface area (Å²) in [5.74, 6) is 0. The first-order valence-electron chi connectivity index (χ1n) is 4.38. The molecule has 0 atom stereocenters. The molecule has 0 unspecified atom stereocenters.